The number of nitrogens with one attached hydrogen (secondary N) is 1. The van der Waals surface area contributed by atoms with Gasteiger partial charge < -0.3 is 20.0 Å². The molecule has 0 saturated carbocycles. The molecule has 0 atom stereocenters. The maximum absolute atomic E-state index is 4.96. The number of nitrogens with zero attached hydrogens (tertiary/aromatic N) is 5. The van der Waals surface area contributed by atoms with Gasteiger partial charge in [-0.15, -0.1) is 0 Å². The maximum atomic E-state index is 4.96. The Morgan fingerprint density at radius 2 is 1.69 bits per heavy atom. The molecule has 1 aromatic carbocycles. The second-order valence-corrected chi connectivity index (χ2v) is 8.60. The van der Waals surface area contributed by atoms with Crippen molar-refractivity contribution in [3.05, 3.63) is 35.5 Å². The van der Waals surface area contributed by atoms with Gasteiger partial charge in [0.25, 0.3) is 0 Å². The highest BCUT2D eigenvalue weighted by atomic mass is 15.2. The molecule has 0 unspecified atom stereocenters. The SMILES string of the molecule is CN(C)CCNc1nc(-c2ccc(N3CCN(C)CC3)cc2)nc2c1CCCC2. The lowest BCUT2D eigenvalue weighted by Gasteiger charge is -2.34. The number of aryl methyl sites for hydroxylation is 1. The minimum atomic E-state index is 0.850. The van der Waals surface area contributed by atoms with Crippen molar-refractivity contribution in [2.75, 3.05) is 70.6 Å². The molecule has 4 rings (SSSR count). The second-order valence-electron chi connectivity index (χ2n) is 8.60. The van der Waals surface area contributed by atoms with Gasteiger partial charge in [-0.05, 0) is 71.1 Å². The standard InChI is InChI=1S/C23H34N6/c1-27(2)13-12-24-23-20-6-4-5-7-21(20)25-22(26-23)18-8-10-19(11-9-18)29-16-14-28(3)15-17-29/h8-11H,4-7,12-17H2,1-3H3,(H,24,25,26). The molecule has 0 bridgehead atoms. The van der Waals surface area contributed by atoms with Gasteiger partial charge in [-0.3, -0.25) is 0 Å². The van der Waals surface area contributed by atoms with Gasteiger partial charge in [0.1, 0.15) is 5.82 Å². The highest BCUT2D eigenvalue weighted by molar-refractivity contribution is 5.63. The first-order valence-corrected chi connectivity index (χ1v) is 10.9. The molecule has 156 valence electrons. The van der Waals surface area contributed by atoms with Gasteiger partial charge in [-0.1, -0.05) is 0 Å². The lowest BCUT2D eigenvalue weighted by Crippen LogP contribution is -2.44. The molecule has 1 N–H and O–H groups in total. The number of likely N-dealkylation sites (N-methyl/N-ethyl adjacent to an activating group) is 2. The monoisotopic (exact) mass is 394 g/mol. The molecule has 0 radical (unpaired) electrons. The second kappa shape index (κ2) is 9.09. The van der Waals surface area contributed by atoms with Crippen LogP contribution in [-0.4, -0.2) is 80.2 Å². The Labute approximate surface area is 174 Å². The Bertz CT molecular complexity index is 809. The van der Waals surface area contributed by atoms with Crippen LogP contribution in [0.2, 0.25) is 0 Å². The van der Waals surface area contributed by atoms with Gasteiger partial charge in [0.2, 0.25) is 0 Å². The molecule has 2 heterocycles. The van der Waals surface area contributed by atoms with E-state index in [0.717, 1.165) is 69.3 Å². The van der Waals surface area contributed by atoms with Crippen molar-refractivity contribution in [2.45, 2.75) is 25.7 Å². The Morgan fingerprint density at radius 3 is 2.41 bits per heavy atom. The molecular weight excluding hydrogens is 360 g/mol. The van der Waals surface area contributed by atoms with Crippen LogP contribution in [0.5, 0.6) is 0 Å². The zero-order valence-corrected chi connectivity index (χ0v) is 18.1. The van der Waals surface area contributed by atoms with Crippen LogP contribution >= 0.6 is 0 Å². The Morgan fingerprint density at radius 1 is 0.966 bits per heavy atom. The Hall–Kier alpha value is -2.18. The van der Waals surface area contributed by atoms with Crippen molar-refractivity contribution in [3.63, 3.8) is 0 Å². The predicted octanol–water partition coefficient (Wildman–Crippen LogP) is 2.75. The molecule has 6 nitrogen and oxygen atoms in total. The third kappa shape index (κ3) is 4.87. The summed E-state index contributed by atoms with van der Waals surface area (Å²) in [7, 11) is 6.40. The molecule has 2 aliphatic rings. The fourth-order valence-electron chi connectivity index (χ4n) is 4.15. The smallest absolute Gasteiger partial charge is 0.161 e. The molecule has 2 aromatic rings. The summed E-state index contributed by atoms with van der Waals surface area (Å²) >= 11 is 0. The van der Waals surface area contributed by atoms with Crippen molar-refractivity contribution in [1.82, 2.24) is 19.8 Å². The van der Waals surface area contributed by atoms with Crippen LogP contribution in [-0.2, 0) is 12.8 Å². The highest BCUT2D eigenvalue weighted by Crippen LogP contribution is 2.29. The fraction of sp³-hybridized carbons (Fsp3) is 0.565. The minimum absolute atomic E-state index is 0.850. The number of anilines is 2. The van der Waals surface area contributed by atoms with Crippen LogP contribution in [0, 0.1) is 0 Å². The molecule has 6 heteroatoms. The van der Waals surface area contributed by atoms with Crippen LogP contribution in [0.3, 0.4) is 0 Å². The van der Waals surface area contributed by atoms with Crippen LogP contribution in [0.1, 0.15) is 24.1 Å². The van der Waals surface area contributed by atoms with Crippen LogP contribution < -0.4 is 10.2 Å². The summed E-state index contributed by atoms with van der Waals surface area (Å²) in [5.41, 5.74) is 4.96. The van der Waals surface area contributed by atoms with E-state index in [9.17, 15) is 0 Å². The summed E-state index contributed by atoms with van der Waals surface area (Å²) in [5.74, 6) is 1.89. The average Bonchev–Trinajstić information content (AvgIpc) is 2.74. The van der Waals surface area contributed by atoms with Crippen molar-refractivity contribution in [1.29, 1.82) is 0 Å². The summed E-state index contributed by atoms with van der Waals surface area (Å²) in [6.07, 6.45) is 4.61. The van der Waals surface area contributed by atoms with Crippen molar-refractivity contribution < 1.29 is 0 Å². The van der Waals surface area contributed by atoms with E-state index < -0.39 is 0 Å². The lowest BCUT2D eigenvalue weighted by atomic mass is 9.96. The molecule has 1 saturated heterocycles. The van der Waals surface area contributed by atoms with E-state index in [1.165, 1.54) is 29.8 Å². The number of benzene rings is 1. The third-order valence-corrected chi connectivity index (χ3v) is 6.03. The Balaban J connectivity index is 1.55. The fourth-order valence-corrected chi connectivity index (χ4v) is 4.15. The van der Waals surface area contributed by atoms with E-state index in [4.69, 9.17) is 9.97 Å². The van der Waals surface area contributed by atoms with Crippen LogP contribution in [0.15, 0.2) is 24.3 Å². The van der Waals surface area contributed by atoms with Crippen molar-refractivity contribution in [3.8, 4) is 11.4 Å². The van der Waals surface area contributed by atoms with Gasteiger partial charge in [0.05, 0.1) is 0 Å². The summed E-state index contributed by atoms with van der Waals surface area (Å²) in [5, 5.41) is 3.58. The number of piperazine rings is 1. The van der Waals surface area contributed by atoms with E-state index in [1.54, 1.807) is 0 Å². The van der Waals surface area contributed by atoms with Crippen LogP contribution in [0.25, 0.3) is 11.4 Å². The van der Waals surface area contributed by atoms with Crippen LogP contribution in [0.4, 0.5) is 11.5 Å². The van der Waals surface area contributed by atoms with E-state index >= 15 is 0 Å². The summed E-state index contributed by atoms with van der Waals surface area (Å²) in [6.45, 7) is 6.32. The number of fused-ring (bicyclic) bond motifs is 1. The molecular formula is C23H34N6. The van der Waals surface area contributed by atoms with Gasteiger partial charge in [-0.25, -0.2) is 9.97 Å². The molecule has 0 spiro atoms. The molecule has 0 amide bonds. The number of hydrogen-bond donors (Lipinski definition) is 1. The van der Waals surface area contributed by atoms with Gasteiger partial charge in [0.15, 0.2) is 5.82 Å². The van der Waals surface area contributed by atoms with Gasteiger partial charge in [-0.2, -0.15) is 0 Å². The zero-order chi connectivity index (χ0) is 20.2. The number of aromatic nitrogens is 2. The first-order chi connectivity index (χ1) is 14.1. The molecule has 29 heavy (non-hydrogen) atoms. The van der Waals surface area contributed by atoms with Gasteiger partial charge in [0, 0.05) is 61.8 Å². The van der Waals surface area contributed by atoms with E-state index in [-0.39, 0.29) is 0 Å². The largest absolute Gasteiger partial charge is 0.369 e. The number of rotatable bonds is 6. The van der Waals surface area contributed by atoms with E-state index in [2.05, 4.69) is 65.4 Å². The average molecular weight is 395 g/mol. The van der Waals surface area contributed by atoms with E-state index in [1.807, 2.05) is 0 Å². The third-order valence-electron chi connectivity index (χ3n) is 6.03. The van der Waals surface area contributed by atoms with Gasteiger partial charge >= 0.3 is 0 Å². The topological polar surface area (TPSA) is 47.5 Å². The molecule has 1 aromatic heterocycles. The number of hydrogen-bond acceptors (Lipinski definition) is 6. The minimum Gasteiger partial charge on any atom is -0.369 e. The predicted molar refractivity (Wildman–Crippen MR) is 121 cm³/mol. The summed E-state index contributed by atoms with van der Waals surface area (Å²) < 4.78 is 0. The molecule has 1 fully saturated rings. The molecule has 1 aliphatic heterocycles. The van der Waals surface area contributed by atoms with Crippen molar-refractivity contribution >= 4 is 11.5 Å². The normalized spacial score (nSPS) is 17.4. The summed E-state index contributed by atoms with van der Waals surface area (Å²) in [4.78, 5) is 16.9. The zero-order valence-electron chi connectivity index (χ0n) is 18.1. The molecule has 1 aliphatic carbocycles. The lowest BCUT2D eigenvalue weighted by molar-refractivity contribution is 0.313. The first kappa shape index (κ1) is 20.1. The maximum Gasteiger partial charge on any atom is 0.161 e. The Kier molecular flexibility index (Phi) is 6.31. The van der Waals surface area contributed by atoms with Crippen molar-refractivity contribution in [2.24, 2.45) is 0 Å². The quantitative estimate of drug-likeness (QED) is 0.813. The first-order valence-electron chi connectivity index (χ1n) is 10.9. The summed E-state index contributed by atoms with van der Waals surface area (Å²) in [6, 6.07) is 8.81. The highest BCUT2D eigenvalue weighted by Gasteiger charge is 2.19. The van der Waals surface area contributed by atoms with E-state index in [0.29, 0.717) is 0 Å².